The Bertz CT molecular complexity index is 530. The summed E-state index contributed by atoms with van der Waals surface area (Å²) in [5.41, 5.74) is 3.98. The van der Waals surface area contributed by atoms with E-state index in [0.29, 0.717) is 12.1 Å². The number of hydrogen-bond acceptors (Lipinski definition) is 2. The summed E-state index contributed by atoms with van der Waals surface area (Å²) in [7, 11) is 0. The fourth-order valence-corrected chi connectivity index (χ4v) is 2.72. The normalized spacial score (nSPS) is 14.0. The fraction of sp³-hybridized carbons (Fsp3) is 0.333. The Morgan fingerprint density at radius 2 is 1.25 bits per heavy atom. The molecule has 2 heteroatoms. The highest BCUT2D eigenvalue weighted by molar-refractivity contribution is 7.98. The Hall–Kier alpha value is -1.25. The molecule has 1 unspecified atom stereocenters. The molecule has 0 spiro atoms. The minimum atomic E-state index is 0.349. The predicted molar refractivity (Wildman–Crippen MR) is 89.4 cm³/mol. The van der Waals surface area contributed by atoms with Crippen LogP contribution >= 0.6 is 11.8 Å². The van der Waals surface area contributed by atoms with E-state index in [4.69, 9.17) is 0 Å². The van der Waals surface area contributed by atoms with Crippen LogP contribution in [-0.2, 0) is 0 Å². The van der Waals surface area contributed by atoms with Crippen molar-refractivity contribution in [1.82, 2.24) is 5.32 Å². The van der Waals surface area contributed by atoms with Gasteiger partial charge >= 0.3 is 0 Å². The molecule has 0 saturated carbocycles. The average Bonchev–Trinajstić information content (AvgIpc) is 2.48. The van der Waals surface area contributed by atoms with Gasteiger partial charge in [0.15, 0.2) is 0 Å². The number of hydrogen-bond donors (Lipinski definition) is 1. The predicted octanol–water partition coefficient (Wildman–Crippen LogP) is 5.13. The third-order valence-electron chi connectivity index (χ3n) is 3.69. The molecule has 0 bridgehead atoms. The molecule has 1 N–H and O–H groups in total. The molecule has 106 valence electrons. The fourth-order valence-electron chi connectivity index (χ4n) is 2.32. The quantitative estimate of drug-likeness (QED) is 0.764. The molecule has 0 aliphatic rings. The van der Waals surface area contributed by atoms with E-state index < -0.39 is 0 Å². The minimum absolute atomic E-state index is 0.349. The third-order valence-corrected chi connectivity index (χ3v) is 4.44. The molecule has 0 fully saturated rings. The van der Waals surface area contributed by atoms with Gasteiger partial charge in [0.1, 0.15) is 0 Å². The maximum atomic E-state index is 3.66. The highest BCUT2D eigenvalue weighted by Crippen LogP contribution is 2.22. The molecule has 1 nitrogen and oxygen atoms in total. The van der Waals surface area contributed by atoms with Crippen molar-refractivity contribution in [3.63, 3.8) is 0 Å². The standard InChI is InChI=1S/C18H23NS/c1-13-5-7-16(8-6-13)14(2)19-15(3)17-9-11-18(20-4)12-10-17/h5-12,14-15,19H,1-4H3/t14-,15?/m0/s1. The number of aryl methyl sites for hydroxylation is 1. The molecule has 0 aromatic heterocycles. The van der Waals surface area contributed by atoms with Gasteiger partial charge in [0, 0.05) is 17.0 Å². The van der Waals surface area contributed by atoms with E-state index >= 15 is 0 Å². The molecule has 0 aliphatic heterocycles. The van der Waals surface area contributed by atoms with Crippen molar-refractivity contribution in [3.05, 3.63) is 65.2 Å². The van der Waals surface area contributed by atoms with Crippen molar-refractivity contribution in [1.29, 1.82) is 0 Å². The number of rotatable bonds is 5. The number of thioether (sulfide) groups is 1. The van der Waals surface area contributed by atoms with Crippen molar-refractivity contribution in [3.8, 4) is 0 Å². The van der Waals surface area contributed by atoms with Gasteiger partial charge in [-0.2, -0.15) is 0 Å². The Morgan fingerprint density at radius 3 is 1.70 bits per heavy atom. The topological polar surface area (TPSA) is 12.0 Å². The largest absolute Gasteiger partial charge is 0.304 e. The summed E-state index contributed by atoms with van der Waals surface area (Å²) >= 11 is 1.78. The number of nitrogens with one attached hydrogen (secondary N) is 1. The Balaban J connectivity index is 2.02. The zero-order valence-electron chi connectivity index (χ0n) is 12.7. The van der Waals surface area contributed by atoms with Gasteiger partial charge in [-0.15, -0.1) is 11.8 Å². The van der Waals surface area contributed by atoms with Crippen LogP contribution in [0, 0.1) is 6.92 Å². The number of benzene rings is 2. The maximum Gasteiger partial charge on any atom is 0.0297 e. The Labute approximate surface area is 126 Å². The van der Waals surface area contributed by atoms with E-state index in [0.717, 1.165) is 0 Å². The van der Waals surface area contributed by atoms with E-state index in [-0.39, 0.29) is 0 Å². The summed E-state index contributed by atoms with van der Waals surface area (Å²) in [4.78, 5) is 1.31. The van der Waals surface area contributed by atoms with Gasteiger partial charge in [-0.05, 0) is 50.3 Å². The molecule has 0 aliphatic carbocycles. The molecular weight excluding hydrogens is 262 g/mol. The van der Waals surface area contributed by atoms with E-state index in [9.17, 15) is 0 Å². The third kappa shape index (κ3) is 3.87. The van der Waals surface area contributed by atoms with Gasteiger partial charge < -0.3 is 5.32 Å². The summed E-state index contributed by atoms with van der Waals surface area (Å²) in [6.45, 7) is 6.56. The van der Waals surface area contributed by atoms with Crippen LogP contribution in [-0.4, -0.2) is 6.26 Å². The van der Waals surface area contributed by atoms with Crippen LogP contribution in [0.5, 0.6) is 0 Å². The van der Waals surface area contributed by atoms with Gasteiger partial charge in [0.05, 0.1) is 0 Å². The van der Waals surface area contributed by atoms with Crippen LogP contribution in [0.15, 0.2) is 53.4 Å². The smallest absolute Gasteiger partial charge is 0.0297 e. The van der Waals surface area contributed by atoms with Gasteiger partial charge in [-0.1, -0.05) is 42.0 Å². The molecule has 2 rings (SSSR count). The Morgan fingerprint density at radius 1 is 0.800 bits per heavy atom. The van der Waals surface area contributed by atoms with Crippen LogP contribution in [0.2, 0.25) is 0 Å². The van der Waals surface area contributed by atoms with Crippen LogP contribution in [0.4, 0.5) is 0 Å². The second-order valence-corrected chi connectivity index (χ2v) is 6.17. The van der Waals surface area contributed by atoms with Crippen molar-refractivity contribution in [2.75, 3.05) is 6.26 Å². The highest BCUT2D eigenvalue weighted by atomic mass is 32.2. The SMILES string of the molecule is CSc1ccc(C(C)N[C@@H](C)c2ccc(C)cc2)cc1. The van der Waals surface area contributed by atoms with Gasteiger partial charge in [0.2, 0.25) is 0 Å². The minimum Gasteiger partial charge on any atom is -0.304 e. The van der Waals surface area contributed by atoms with Gasteiger partial charge in [-0.3, -0.25) is 0 Å². The first-order valence-electron chi connectivity index (χ1n) is 7.06. The summed E-state index contributed by atoms with van der Waals surface area (Å²) < 4.78 is 0. The lowest BCUT2D eigenvalue weighted by Crippen LogP contribution is -2.22. The molecule has 0 radical (unpaired) electrons. The van der Waals surface area contributed by atoms with Crippen molar-refractivity contribution >= 4 is 11.8 Å². The molecule has 20 heavy (non-hydrogen) atoms. The second kappa shape index (κ2) is 6.96. The van der Waals surface area contributed by atoms with Crippen molar-refractivity contribution < 1.29 is 0 Å². The molecule has 0 amide bonds. The lowest BCUT2D eigenvalue weighted by molar-refractivity contribution is 0.494. The lowest BCUT2D eigenvalue weighted by Gasteiger charge is -2.21. The summed E-state index contributed by atoms with van der Waals surface area (Å²) in [6.07, 6.45) is 2.11. The van der Waals surface area contributed by atoms with E-state index in [1.807, 2.05) is 0 Å². The van der Waals surface area contributed by atoms with Crippen LogP contribution < -0.4 is 5.32 Å². The lowest BCUT2D eigenvalue weighted by atomic mass is 10.0. The van der Waals surface area contributed by atoms with Gasteiger partial charge in [-0.25, -0.2) is 0 Å². The first kappa shape index (κ1) is 15.1. The zero-order chi connectivity index (χ0) is 14.5. The van der Waals surface area contributed by atoms with E-state index in [1.165, 1.54) is 21.6 Å². The van der Waals surface area contributed by atoms with Crippen LogP contribution in [0.25, 0.3) is 0 Å². The zero-order valence-corrected chi connectivity index (χ0v) is 13.5. The molecule has 2 aromatic carbocycles. The summed E-state index contributed by atoms with van der Waals surface area (Å²) in [5, 5.41) is 3.66. The first-order chi connectivity index (χ1) is 9.60. The molecule has 0 saturated heterocycles. The summed E-state index contributed by atoms with van der Waals surface area (Å²) in [5.74, 6) is 0. The van der Waals surface area contributed by atoms with Crippen molar-refractivity contribution in [2.24, 2.45) is 0 Å². The van der Waals surface area contributed by atoms with E-state index in [2.05, 4.69) is 80.9 Å². The van der Waals surface area contributed by atoms with Crippen molar-refractivity contribution in [2.45, 2.75) is 37.8 Å². The van der Waals surface area contributed by atoms with Gasteiger partial charge in [0.25, 0.3) is 0 Å². The monoisotopic (exact) mass is 285 g/mol. The summed E-state index contributed by atoms with van der Waals surface area (Å²) in [6, 6.07) is 18.3. The van der Waals surface area contributed by atoms with Crippen LogP contribution in [0.3, 0.4) is 0 Å². The van der Waals surface area contributed by atoms with E-state index in [1.54, 1.807) is 11.8 Å². The molecular formula is C18H23NS. The average molecular weight is 285 g/mol. The molecule has 0 heterocycles. The highest BCUT2D eigenvalue weighted by Gasteiger charge is 2.10. The van der Waals surface area contributed by atoms with Crippen LogP contribution in [0.1, 0.15) is 42.6 Å². The first-order valence-corrected chi connectivity index (χ1v) is 8.29. The second-order valence-electron chi connectivity index (χ2n) is 5.29. The molecule has 2 aromatic rings. The molecule has 2 atom stereocenters. The maximum absolute atomic E-state index is 3.66. The Kier molecular flexibility index (Phi) is 5.27.